The minimum atomic E-state index is -0.813. The number of carbonyl (C=O) groups is 1. The molecule has 0 aliphatic carbocycles. The van der Waals surface area contributed by atoms with Crippen molar-refractivity contribution >= 4 is 11.7 Å². The van der Waals surface area contributed by atoms with Gasteiger partial charge in [-0.3, -0.25) is 4.79 Å². The van der Waals surface area contributed by atoms with E-state index in [2.05, 4.69) is 25.2 Å². The van der Waals surface area contributed by atoms with Crippen LogP contribution in [-0.2, 0) is 16.6 Å². The largest absolute Gasteiger partial charge is 0.493 e. The van der Waals surface area contributed by atoms with E-state index in [0.29, 0.717) is 6.61 Å². The van der Waals surface area contributed by atoms with Gasteiger partial charge in [0, 0.05) is 22.6 Å². The molecular weight excluding hydrogens is 330 g/mol. The molecular formula is C21H23NO4. The average molecular weight is 353 g/mol. The number of rotatable bonds is 3. The lowest BCUT2D eigenvalue weighted by atomic mass is 9.65. The number of hydrogen-bond acceptors (Lipinski definition) is 4. The van der Waals surface area contributed by atoms with Gasteiger partial charge in [-0.1, -0.05) is 38.1 Å². The van der Waals surface area contributed by atoms with Crippen molar-refractivity contribution in [2.24, 2.45) is 5.92 Å². The van der Waals surface area contributed by atoms with E-state index in [9.17, 15) is 4.79 Å². The molecule has 26 heavy (non-hydrogen) atoms. The van der Waals surface area contributed by atoms with E-state index in [0.717, 1.165) is 33.9 Å². The lowest BCUT2D eigenvalue weighted by molar-refractivity contribution is -0.136. The van der Waals surface area contributed by atoms with Gasteiger partial charge in [-0.2, -0.15) is 0 Å². The predicted molar refractivity (Wildman–Crippen MR) is 99.2 cm³/mol. The van der Waals surface area contributed by atoms with Crippen molar-refractivity contribution in [1.29, 1.82) is 0 Å². The molecule has 2 aromatic rings. The van der Waals surface area contributed by atoms with Gasteiger partial charge in [-0.25, -0.2) is 0 Å². The monoisotopic (exact) mass is 353 g/mol. The summed E-state index contributed by atoms with van der Waals surface area (Å²) in [6.45, 7) is 5.01. The summed E-state index contributed by atoms with van der Waals surface area (Å²) in [6, 6.07) is 12.0. The van der Waals surface area contributed by atoms with Crippen LogP contribution in [0.4, 0.5) is 5.69 Å². The maximum Gasteiger partial charge on any atom is 0.307 e. The number of benzene rings is 2. The third kappa shape index (κ3) is 2.50. The third-order valence-corrected chi connectivity index (χ3v) is 5.75. The molecule has 2 N–H and O–H groups in total. The van der Waals surface area contributed by atoms with Crippen LogP contribution in [0.2, 0.25) is 0 Å². The fraction of sp³-hybridized carbons (Fsp3) is 0.381. The van der Waals surface area contributed by atoms with Crippen LogP contribution >= 0.6 is 0 Å². The van der Waals surface area contributed by atoms with Crippen LogP contribution < -0.4 is 14.8 Å². The summed E-state index contributed by atoms with van der Waals surface area (Å²) in [5, 5.41) is 12.8. The minimum absolute atomic E-state index is 0.0357. The zero-order valence-corrected chi connectivity index (χ0v) is 15.2. The lowest BCUT2D eigenvalue weighted by Crippen LogP contribution is -2.46. The van der Waals surface area contributed by atoms with E-state index in [1.54, 1.807) is 7.11 Å². The Morgan fingerprint density at radius 3 is 2.88 bits per heavy atom. The van der Waals surface area contributed by atoms with Crippen LogP contribution in [0, 0.1) is 5.92 Å². The van der Waals surface area contributed by atoms with Crippen molar-refractivity contribution in [3.8, 4) is 11.5 Å². The molecule has 0 fully saturated rings. The standard InChI is InChI=1S/C21H23NO4/c1-21(2)14-9-12(10-18(23)24)7-8-16(14)22-19-13-5-4-6-17(25-3)20(13)26-11-15(19)21/h4-9,15,19,22H,10-11H2,1-3H3,(H,23,24). The van der Waals surface area contributed by atoms with Crippen LogP contribution in [0.1, 0.15) is 36.6 Å². The quantitative estimate of drug-likeness (QED) is 0.879. The topological polar surface area (TPSA) is 67.8 Å². The average Bonchev–Trinajstić information content (AvgIpc) is 2.61. The molecule has 0 amide bonds. The number of fused-ring (bicyclic) bond motifs is 4. The molecule has 2 atom stereocenters. The fourth-order valence-electron chi connectivity index (χ4n) is 4.28. The number of aliphatic carboxylic acids is 1. The lowest BCUT2D eigenvalue weighted by Gasteiger charge is -2.48. The second-order valence-electron chi connectivity index (χ2n) is 7.59. The minimum Gasteiger partial charge on any atom is -0.493 e. The zero-order chi connectivity index (χ0) is 18.5. The van der Waals surface area contributed by atoms with Gasteiger partial charge < -0.3 is 19.9 Å². The second-order valence-corrected chi connectivity index (χ2v) is 7.59. The number of anilines is 1. The Kier molecular flexibility index (Phi) is 3.83. The molecule has 2 aromatic carbocycles. The van der Waals surface area contributed by atoms with Gasteiger partial charge in [0.1, 0.15) is 0 Å². The molecule has 0 radical (unpaired) electrons. The highest BCUT2D eigenvalue weighted by atomic mass is 16.5. The number of carboxylic acids is 1. The van der Waals surface area contributed by atoms with E-state index in [4.69, 9.17) is 14.6 Å². The van der Waals surface area contributed by atoms with Crippen LogP contribution in [-0.4, -0.2) is 24.8 Å². The van der Waals surface area contributed by atoms with Crippen molar-refractivity contribution in [1.82, 2.24) is 0 Å². The molecule has 2 heterocycles. The Hall–Kier alpha value is -2.69. The summed E-state index contributed by atoms with van der Waals surface area (Å²) >= 11 is 0. The highest BCUT2D eigenvalue weighted by Gasteiger charge is 2.46. The molecule has 0 saturated carbocycles. The normalized spacial score (nSPS) is 22.1. The van der Waals surface area contributed by atoms with E-state index in [1.165, 1.54) is 0 Å². The predicted octanol–water partition coefficient (Wildman–Crippen LogP) is 3.78. The Balaban J connectivity index is 1.79. The first-order valence-electron chi connectivity index (χ1n) is 8.83. The number of methoxy groups -OCH3 is 1. The molecule has 5 heteroatoms. The molecule has 0 spiro atoms. The third-order valence-electron chi connectivity index (χ3n) is 5.75. The van der Waals surface area contributed by atoms with Crippen molar-refractivity contribution in [3.05, 3.63) is 53.1 Å². The van der Waals surface area contributed by atoms with Crippen molar-refractivity contribution in [3.63, 3.8) is 0 Å². The van der Waals surface area contributed by atoms with Gasteiger partial charge >= 0.3 is 5.97 Å². The van der Waals surface area contributed by atoms with Gasteiger partial charge in [0.15, 0.2) is 11.5 Å². The smallest absolute Gasteiger partial charge is 0.307 e. The summed E-state index contributed by atoms with van der Waals surface area (Å²) in [6.07, 6.45) is 0.0357. The molecule has 0 aromatic heterocycles. The number of nitrogens with one attached hydrogen (secondary N) is 1. The highest BCUT2D eigenvalue weighted by Crippen LogP contribution is 2.53. The van der Waals surface area contributed by atoms with Crippen LogP contribution in [0.5, 0.6) is 11.5 Å². The number of para-hydroxylation sites is 1. The summed E-state index contributed by atoms with van der Waals surface area (Å²) in [5.74, 6) is 0.981. The van der Waals surface area contributed by atoms with Crippen molar-refractivity contribution in [2.75, 3.05) is 19.0 Å². The number of carboxylic acid groups (broad SMARTS) is 1. The zero-order valence-electron chi connectivity index (χ0n) is 15.2. The van der Waals surface area contributed by atoms with Gasteiger partial charge in [0.05, 0.1) is 26.2 Å². The molecule has 136 valence electrons. The Labute approximate surface area is 152 Å². The summed E-state index contributed by atoms with van der Waals surface area (Å²) in [7, 11) is 1.66. The van der Waals surface area contributed by atoms with E-state index < -0.39 is 5.97 Å². The van der Waals surface area contributed by atoms with Crippen LogP contribution in [0.25, 0.3) is 0 Å². The van der Waals surface area contributed by atoms with E-state index in [-0.39, 0.29) is 23.8 Å². The van der Waals surface area contributed by atoms with E-state index in [1.807, 2.05) is 30.3 Å². The Morgan fingerprint density at radius 1 is 1.35 bits per heavy atom. The molecule has 5 nitrogen and oxygen atoms in total. The Morgan fingerprint density at radius 2 is 2.15 bits per heavy atom. The van der Waals surface area contributed by atoms with Gasteiger partial charge in [-0.05, 0) is 23.3 Å². The second kappa shape index (κ2) is 5.94. The summed E-state index contributed by atoms with van der Waals surface area (Å²) in [4.78, 5) is 11.1. The molecule has 2 unspecified atom stereocenters. The molecule has 2 aliphatic heterocycles. The highest BCUT2D eigenvalue weighted by molar-refractivity contribution is 5.71. The first-order chi connectivity index (χ1) is 12.4. The summed E-state index contributed by atoms with van der Waals surface area (Å²) in [5.41, 5.74) is 3.98. The molecule has 2 aliphatic rings. The number of ether oxygens (including phenoxy) is 2. The maximum absolute atomic E-state index is 11.1. The first kappa shape index (κ1) is 16.8. The van der Waals surface area contributed by atoms with Crippen LogP contribution in [0.3, 0.4) is 0 Å². The molecule has 0 bridgehead atoms. The van der Waals surface area contributed by atoms with E-state index >= 15 is 0 Å². The summed E-state index contributed by atoms with van der Waals surface area (Å²) < 4.78 is 11.6. The maximum atomic E-state index is 11.1. The first-order valence-corrected chi connectivity index (χ1v) is 8.83. The number of hydrogen-bond donors (Lipinski definition) is 2. The van der Waals surface area contributed by atoms with Crippen molar-refractivity contribution in [2.45, 2.75) is 31.7 Å². The van der Waals surface area contributed by atoms with Crippen molar-refractivity contribution < 1.29 is 19.4 Å². The van der Waals surface area contributed by atoms with Crippen LogP contribution in [0.15, 0.2) is 36.4 Å². The fourth-order valence-corrected chi connectivity index (χ4v) is 4.28. The Bertz CT molecular complexity index is 874. The van der Waals surface area contributed by atoms with Gasteiger partial charge in [0.25, 0.3) is 0 Å². The van der Waals surface area contributed by atoms with Gasteiger partial charge in [0.2, 0.25) is 0 Å². The molecule has 0 saturated heterocycles. The SMILES string of the molecule is COc1cccc2c1OCC1C2Nc2ccc(CC(=O)O)cc2C1(C)C. The van der Waals surface area contributed by atoms with Gasteiger partial charge in [-0.15, -0.1) is 0 Å². The molecule has 4 rings (SSSR count).